The van der Waals surface area contributed by atoms with Crippen molar-refractivity contribution in [2.45, 2.75) is 18.3 Å². The number of likely N-dealkylation sites (tertiary alicyclic amines) is 1. The molecule has 146 valence electrons. The first kappa shape index (κ1) is 19.8. The minimum absolute atomic E-state index is 0.173. The smallest absolute Gasteiger partial charge is 0.236 e. The lowest BCUT2D eigenvalue weighted by Crippen LogP contribution is -2.48. The van der Waals surface area contributed by atoms with Gasteiger partial charge in [-0.15, -0.1) is 11.3 Å². The summed E-state index contributed by atoms with van der Waals surface area (Å²) in [5, 5.41) is 2.66. The fourth-order valence-corrected chi connectivity index (χ4v) is 4.41. The van der Waals surface area contributed by atoms with Crippen molar-refractivity contribution in [3.05, 3.63) is 47.0 Å². The number of benzene rings is 1. The van der Waals surface area contributed by atoms with E-state index in [4.69, 9.17) is 10.5 Å². The van der Waals surface area contributed by atoms with E-state index in [0.717, 1.165) is 38.2 Å². The number of aromatic nitrogens is 1. The number of hydrogen-bond donors (Lipinski definition) is 1. The zero-order valence-corrected chi connectivity index (χ0v) is 16.9. The van der Waals surface area contributed by atoms with Crippen molar-refractivity contribution in [1.29, 1.82) is 0 Å². The summed E-state index contributed by atoms with van der Waals surface area (Å²) in [5.74, 6) is 0.174. The summed E-state index contributed by atoms with van der Waals surface area (Å²) in [6.07, 6.45) is 1.71. The molecule has 1 aromatic heterocycles. The molecular weight excluding hydrogens is 360 g/mol. The Labute approximate surface area is 164 Å². The molecule has 2 heterocycles. The number of carbonyl (C=O) groups is 1. The molecule has 0 saturated carbocycles. The molecule has 1 fully saturated rings. The Morgan fingerprint density at radius 3 is 2.63 bits per heavy atom. The van der Waals surface area contributed by atoms with Crippen LogP contribution in [0, 0.1) is 0 Å². The summed E-state index contributed by atoms with van der Waals surface area (Å²) in [6.45, 7) is 3.26. The first-order chi connectivity index (χ1) is 13.0. The van der Waals surface area contributed by atoms with E-state index < -0.39 is 0 Å². The van der Waals surface area contributed by atoms with E-state index in [1.165, 1.54) is 16.9 Å². The molecule has 1 saturated heterocycles. The fraction of sp³-hybridized carbons (Fsp3) is 0.500. The highest BCUT2D eigenvalue weighted by Crippen LogP contribution is 2.42. The standard InChI is InChI=1S/C20H28N4O2S/c1-23(12-13-26-2)14-18(25)24-10-8-20(9-11-24,16-6-4-3-5-7-16)17-15-27-19(21)22-17/h3-7,15H,8-14H2,1-2H3,(H2,21,22). The van der Waals surface area contributed by atoms with Crippen molar-refractivity contribution in [2.75, 3.05) is 52.7 Å². The predicted molar refractivity (Wildman–Crippen MR) is 109 cm³/mol. The molecule has 1 aliphatic rings. The number of ether oxygens (including phenoxy) is 1. The summed E-state index contributed by atoms with van der Waals surface area (Å²) in [6, 6.07) is 10.5. The molecule has 1 aliphatic heterocycles. The Bertz CT molecular complexity index is 741. The molecule has 1 aromatic carbocycles. The van der Waals surface area contributed by atoms with Crippen LogP contribution < -0.4 is 5.73 Å². The number of amides is 1. The van der Waals surface area contributed by atoms with Crippen LogP contribution >= 0.6 is 11.3 Å². The maximum Gasteiger partial charge on any atom is 0.236 e. The Hall–Kier alpha value is -1.96. The van der Waals surface area contributed by atoms with Gasteiger partial charge < -0.3 is 15.4 Å². The third kappa shape index (κ3) is 4.48. The molecule has 3 rings (SSSR count). The summed E-state index contributed by atoms with van der Waals surface area (Å²) in [4.78, 5) is 21.3. The third-order valence-corrected chi connectivity index (χ3v) is 6.06. The monoisotopic (exact) mass is 388 g/mol. The average molecular weight is 389 g/mol. The van der Waals surface area contributed by atoms with E-state index in [-0.39, 0.29) is 11.3 Å². The van der Waals surface area contributed by atoms with E-state index in [1.807, 2.05) is 22.9 Å². The van der Waals surface area contributed by atoms with Gasteiger partial charge in [-0.25, -0.2) is 4.98 Å². The minimum Gasteiger partial charge on any atom is -0.383 e. The SMILES string of the molecule is COCCN(C)CC(=O)N1CCC(c2ccccc2)(c2csc(N)n2)CC1. The van der Waals surface area contributed by atoms with E-state index in [0.29, 0.717) is 18.3 Å². The van der Waals surface area contributed by atoms with Gasteiger partial charge in [0, 0.05) is 37.5 Å². The number of thiazole rings is 1. The second kappa shape index (κ2) is 8.82. The number of hydrogen-bond acceptors (Lipinski definition) is 6. The van der Waals surface area contributed by atoms with Crippen LogP contribution in [0.1, 0.15) is 24.1 Å². The topological polar surface area (TPSA) is 71.7 Å². The van der Waals surface area contributed by atoms with Crippen LogP contribution in [0.5, 0.6) is 0 Å². The highest BCUT2D eigenvalue weighted by atomic mass is 32.1. The summed E-state index contributed by atoms with van der Waals surface area (Å²) in [7, 11) is 3.63. The van der Waals surface area contributed by atoms with Gasteiger partial charge in [-0.05, 0) is 25.5 Å². The van der Waals surface area contributed by atoms with Gasteiger partial charge in [0.25, 0.3) is 0 Å². The number of rotatable bonds is 7. The maximum absolute atomic E-state index is 12.7. The van der Waals surface area contributed by atoms with Gasteiger partial charge in [0.15, 0.2) is 5.13 Å². The van der Waals surface area contributed by atoms with Gasteiger partial charge in [0.1, 0.15) is 0 Å². The number of nitrogens with zero attached hydrogens (tertiary/aromatic N) is 3. The number of piperidine rings is 1. The molecule has 1 amide bonds. The van der Waals surface area contributed by atoms with Crippen LogP contribution in [0.2, 0.25) is 0 Å². The highest BCUT2D eigenvalue weighted by Gasteiger charge is 2.40. The molecule has 0 aliphatic carbocycles. The number of carbonyl (C=O) groups excluding carboxylic acids is 1. The maximum atomic E-state index is 12.7. The zero-order valence-electron chi connectivity index (χ0n) is 16.1. The zero-order chi connectivity index (χ0) is 19.3. The number of methoxy groups -OCH3 is 1. The number of anilines is 1. The second-order valence-electron chi connectivity index (χ2n) is 7.13. The van der Waals surface area contributed by atoms with Gasteiger partial charge in [-0.2, -0.15) is 0 Å². The summed E-state index contributed by atoms with van der Waals surface area (Å²) in [5.41, 5.74) is 8.03. The van der Waals surface area contributed by atoms with Crippen molar-refractivity contribution >= 4 is 22.4 Å². The van der Waals surface area contributed by atoms with E-state index in [9.17, 15) is 4.79 Å². The molecule has 0 atom stereocenters. The van der Waals surface area contributed by atoms with E-state index in [1.54, 1.807) is 7.11 Å². The van der Waals surface area contributed by atoms with Gasteiger partial charge in [-0.3, -0.25) is 9.69 Å². The van der Waals surface area contributed by atoms with Crippen LogP contribution in [0.4, 0.5) is 5.13 Å². The predicted octanol–water partition coefficient (Wildman–Crippen LogP) is 2.21. The largest absolute Gasteiger partial charge is 0.383 e. The quantitative estimate of drug-likeness (QED) is 0.787. The van der Waals surface area contributed by atoms with Crippen molar-refractivity contribution in [3.8, 4) is 0 Å². The molecule has 27 heavy (non-hydrogen) atoms. The first-order valence-corrected chi connectivity index (χ1v) is 10.2. The minimum atomic E-state index is -0.173. The molecular formula is C20H28N4O2S. The molecule has 6 nitrogen and oxygen atoms in total. The van der Waals surface area contributed by atoms with E-state index in [2.05, 4.69) is 34.6 Å². The number of likely N-dealkylation sites (N-methyl/N-ethyl adjacent to an activating group) is 1. The molecule has 2 aromatic rings. The average Bonchev–Trinajstić information content (AvgIpc) is 3.14. The van der Waals surface area contributed by atoms with Crippen LogP contribution in [-0.4, -0.2) is 67.6 Å². The van der Waals surface area contributed by atoms with Gasteiger partial charge >= 0.3 is 0 Å². The van der Waals surface area contributed by atoms with Crippen LogP contribution in [0.25, 0.3) is 0 Å². The Morgan fingerprint density at radius 1 is 1.33 bits per heavy atom. The van der Waals surface area contributed by atoms with Crippen molar-refractivity contribution in [2.24, 2.45) is 0 Å². The third-order valence-electron chi connectivity index (χ3n) is 5.39. The lowest BCUT2D eigenvalue weighted by molar-refractivity contribution is -0.133. The molecule has 0 spiro atoms. The first-order valence-electron chi connectivity index (χ1n) is 9.27. The van der Waals surface area contributed by atoms with Crippen LogP contribution in [-0.2, 0) is 14.9 Å². The van der Waals surface area contributed by atoms with E-state index >= 15 is 0 Å². The summed E-state index contributed by atoms with van der Waals surface area (Å²) >= 11 is 1.48. The number of nitrogens with two attached hydrogens (primary N) is 1. The van der Waals surface area contributed by atoms with Crippen molar-refractivity contribution in [3.63, 3.8) is 0 Å². The van der Waals surface area contributed by atoms with Gasteiger partial charge in [0.05, 0.1) is 18.8 Å². The van der Waals surface area contributed by atoms with Gasteiger partial charge in [-0.1, -0.05) is 30.3 Å². The Kier molecular flexibility index (Phi) is 6.46. The lowest BCUT2D eigenvalue weighted by atomic mass is 9.70. The van der Waals surface area contributed by atoms with Crippen LogP contribution in [0.3, 0.4) is 0 Å². The molecule has 0 radical (unpaired) electrons. The Morgan fingerprint density at radius 2 is 2.04 bits per heavy atom. The lowest BCUT2D eigenvalue weighted by Gasteiger charge is -2.41. The van der Waals surface area contributed by atoms with Crippen LogP contribution in [0.15, 0.2) is 35.7 Å². The van der Waals surface area contributed by atoms with Gasteiger partial charge in [0.2, 0.25) is 5.91 Å². The second-order valence-corrected chi connectivity index (χ2v) is 8.02. The van der Waals surface area contributed by atoms with Crippen molar-refractivity contribution < 1.29 is 9.53 Å². The fourth-order valence-electron chi connectivity index (χ4n) is 3.75. The van der Waals surface area contributed by atoms with Crippen molar-refractivity contribution in [1.82, 2.24) is 14.8 Å². The normalized spacial score (nSPS) is 16.6. The molecule has 0 unspecified atom stereocenters. The Balaban J connectivity index is 1.72. The molecule has 0 bridgehead atoms. The summed E-state index contributed by atoms with van der Waals surface area (Å²) < 4.78 is 5.08. The number of nitrogen functional groups attached to an aromatic ring is 1. The molecule has 7 heteroatoms. The molecule has 2 N–H and O–H groups in total. The highest BCUT2D eigenvalue weighted by molar-refractivity contribution is 7.13.